The third-order valence-corrected chi connectivity index (χ3v) is 4.98. The van der Waals surface area contributed by atoms with Crippen molar-refractivity contribution in [2.75, 3.05) is 13.9 Å². The average molecular weight is 335 g/mol. The van der Waals surface area contributed by atoms with Gasteiger partial charge in [0.05, 0.1) is 12.8 Å². The largest absolute Gasteiger partial charge is 0.497 e. The van der Waals surface area contributed by atoms with E-state index in [0.29, 0.717) is 0 Å². The van der Waals surface area contributed by atoms with Gasteiger partial charge in [-0.3, -0.25) is 0 Å². The van der Waals surface area contributed by atoms with Crippen LogP contribution in [0.3, 0.4) is 0 Å². The molecule has 2 aliphatic heterocycles. The number of rotatable bonds is 2. The van der Waals surface area contributed by atoms with Gasteiger partial charge >= 0.3 is 0 Å². The Bertz CT molecular complexity index is 931. The summed E-state index contributed by atoms with van der Waals surface area (Å²) in [7, 11) is 1.69. The Labute approximate surface area is 145 Å². The predicted octanol–water partition coefficient (Wildman–Crippen LogP) is 2.38. The van der Waals surface area contributed by atoms with Crippen molar-refractivity contribution in [2.24, 2.45) is 0 Å². The summed E-state index contributed by atoms with van der Waals surface area (Å²) in [5.41, 5.74) is 4.83. The van der Waals surface area contributed by atoms with Crippen molar-refractivity contribution in [1.29, 1.82) is 0 Å². The summed E-state index contributed by atoms with van der Waals surface area (Å²) in [6, 6.07) is 16.9. The van der Waals surface area contributed by atoms with Gasteiger partial charge in [-0.15, -0.1) is 0 Å². The molecule has 3 aromatic rings. The molecule has 0 bridgehead atoms. The lowest BCUT2D eigenvalue weighted by molar-refractivity contribution is -0.702. The van der Waals surface area contributed by atoms with E-state index in [4.69, 9.17) is 14.2 Å². The van der Waals surface area contributed by atoms with Crippen LogP contribution in [0.5, 0.6) is 17.2 Å². The summed E-state index contributed by atoms with van der Waals surface area (Å²) in [5.74, 6) is 2.54. The molecule has 2 aromatic carbocycles. The van der Waals surface area contributed by atoms with Gasteiger partial charge in [0.1, 0.15) is 18.0 Å². The summed E-state index contributed by atoms with van der Waals surface area (Å²) in [6.45, 7) is 1.17. The van der Waals surface area contributed by atoms with Gasteiger partial charge in [0.15, 0.2) is 17.5 Å². The van der Waals surface area contributed by atoms with Gasteiger partial charge in [0, 0.05) is 17.3 Å². The first-order valence-corrected chi connectivity index (χ1v) is 8.41. The van der Waals surface area contributed by atoms with E-state index in [-0.39, 0.29) is 12.8 Å². The van der Waals surface area contributed by atoms with Crippen molar-refractivity contribution in [2.45, 2.75) is 12.6 Å². The molecule has 0 fully saturated rings. The van der Waals surface area contributed by atoms with E-state index in [0.717, 1.165) is 29.5 Å². The average Bonchev–Trinajstić information content (AvgIpc) is 3.29. The molecule has 1 aromatic heterocycles. The summed E-state index contributed by atoms with van der Waals surface area (Å²) >= 11 is 0. The molecule has 126 valence electrons. The molecule has 0 radical (unpaired) electrons. The molecule has 0 aliphatic carbocycles. The molecular formula is C20H19N2O3+. The molecule has 2 N–H and O–H groups in total. The second-order valence-corrected chi connectivity index (χ2v) is 6.30. The van der Waals surface area contributed by atoms with Crippen LogP contribution in [0.15, 0.2) is 54.7 Å². The van der Waals surface area contributed by atoms with Gasteiger partial charge in [-0.05, 0) is 48.5 Å². The Hall–Kier alpha value is -2.92. The second-order valence-electron chi connectivity index (χ2n) is 6.30. The lowest BCUT2D eigenvalue weighted by Crippen LogP contribution is -2.83. The van der Waals surface area contributed by atoms with Gasteiger partial charge in [-0.25, -0.2) is 0 Å². The van der Waals surface area contributed by atoms with E-state index in [9.17, 15) is 0 Å². The number of hydrogen-bond donors (Lipinski definition) is 1. The normalized spacial score (nSPS) is 17.6. The number of benzene rings is 2. The van der Waals surface area contributed by atoms with Gasteiger partial charge in [0.25, 0.3) is 0 Å². The maximum Gasteiger partial charge on any atom is 0.231 e. The van der Waals surface area contributed by atoms with Gasteiger partial charge < -0.3 is 24.1 Å². The molecule has 0 amide bonds. The Balaban J connectivity index is 1.64. The minimum Gasteiger partial charge on any atom is -0.497 e. The molecule has 25 heavy (non-hydrogen) atoms. The van der Waals surface area contributed by atoms with Crippen molar-refractivity contribution < 1.29 is 19.5 Å². The summed E-state index contributed by atoms with van der Waals surface area (Å²) in [6.07, 6.45) is 2.10. The van der Waals surface area contributed by atoms with Crippen LogP contribution in [0.4, 0.5) is 0 Å². The maximum atomic E-state index is 5.78. The van der Waals surface area contributed by atoms with E-state index in [2.05, 4.69) is 46.4 Å². The van der Waals surface area contributed by atoms with Crippen LogP contribution in [-0.4, -0.2) is 18.5 Å². The quantitative estimate of drug-likeness (QED) is 0.782. The fraction of sp³-hybridized carbons (Fsp3) is 0.200. The number of ether oxygens (including phenoxy) is 3. The van der Waals surface area contributed by atoms with E-state index in [1.807, 2.05) is 18.2 Å². The standard InChI is InChI=1S/C20H18N2O3/c1-23-15-7-4-13(5-8-15)18-16-3-2-10-22(16)19-14(11-21-18)6-9-17-20(19)25-12-24-17/h2-10,18,21H,11-12H2,1H3/p+1. The molecular weight excluding hydrogens is 316 g/mol. The van der Waals surface area contributed by atoms with E-state index in [1.165, 1.54) is 16.8 Å². The number of quaternary nitrogens is 1. The van der Waals surface area contributed by atoms with Crippen molar-refractivity contribution in [3.8, 4) is 22.9 Å². The zero-order valence-electron chi connectivity index (χ0n) is 13.9. The minimum atomic E-state index is 0.214. The summed E-state index contributed by atoms with van der Waals surface area (Å²) in [5, 5.41) is 2.36. The molecule has 1 unspecified atom stereocenters. The molecule has 1 atom stereocenters. The Morgan fingerprint density at radius 1 is 1.08 bits per heavy atom. The molecule has 0 spiro atoms. The van der Waals surface area contributed by atoms with Crippen LogP contribution in [0.1, 0.15) is 22.9 Å². The van der Waals surface area contributed by atoms with Gasteiger partial charge in [-0.1, -0.05) is 0 Å². The number of fused-ring (bicyclic) bond motifs is 5. The van der Waals surface area contributed by atoms with E-state index >= 15 is 0 Å². The summed E-state index contributed by atoms with van der Waals surface area (Å²) in [4.78, 5) is 0. The van der Waals surface area contributed by atoms with E-state index in [1.54, 1.807) is 7.11 Å². The SMILES string of the molecule is COc1ccc(C2[NH2+]Cc3ccc4c(c3-n3cccc32)OCO4)cc1. The van der Waals surface area contributed by atoms with Crippen LogP contribution in [0.25, 0.3) is 5.69 Å². The lowest BCUT2D eigenvalue weighted by Gasteiger charge is -2.15. The first-order chi connectivity index (χ1) is 12.3. The fourth-order valence-electron chi connectivity index (χ4n) is 3.76. The number of nitrogens with zero attached hydrogens (tertiary/aromatic N) is 1. The van der Waals surface area contributed by atoms with Crippen LogP contribution >= 0.6 is 0 Å². The van der Waals surface area contributed by atoms with Gasteiger partial charge in [-0.2, -0.15) is 0 Å². The molecule has 5 heteroatoms. The van der Waals surface area contributed by atoms with Crippen LogP contribution < -0.4 is 19.5 Å². The number of nitrogens with two attached hydrogens (primary N) is 1. The summed E-state index contributed by atoms with van der Waals surface area (Å²) < 4.78 is 18.9. The number of hydrogen-bond acceptors (Lipinski definition) is 3. The zero-order valence-corrected chi connectivity index (χ0v) is 13.9. The molecule has 5 nitrogen and oxygen atoms in total. The van der Waals surface area contributed by atoms with Crippen molar-refractivity contribution >= 4 is 0 Å². The second kappa shape index (κ2) is 5.57. The highest BCUT2D eigenvalue weighted by atomic mass is 16.7. The molecule has 2 aliphatic rings. The zero-order chi connectivity index (χ0) is 16.8. The number of methoxy groups -OCH3 is 1. The molecule has 0 saturated heterocycles. The smallest absolute Gasteiger partial charge is 0.231 e. The molecule has 3 heterocycles. The highest BCUT2D eigenvalue weighted by Crippen LogP contribution is 2.42. The maximum absolute atomic E-state index is 5.78. The minimum absolute atomic E-state index is 0.214. The third kappa shape index (κ3) is 2.20. The molecule has 0 saturated carbocycles. The first kappa shape index (κ1) is 14.4. The molecule has 5 rings (SSSR count). The van der Waals surface area contributed by atoms with E-state index < -0.39 is 0 Å². The Morgan fingerprint density at radius 2 is 1.96 bits per heavy atom. The third-order valence-electron chi connectivity index (χ3n) is 4.98. The van der Waals surface area contributed by atoms with Gasteiger partial charge in [0.2, 0.25) is 6.79 Å². The number of aromatic nitrogens is 1. The predicted molar refractivity (Wildman–Crippen MR) is 92.4 cm³/mol. The Morgan fingerprint density at radius 3 is 2.80 bits per heavy atom. The monoisotopic (exact) mass is 335 g/mol. The topological polar surface area (TPSA) is 49.2 Å². The fourth-order valence-corrected chi connectivity index (χ4v) is 3.76. The lowest BCUT2D eigenvalue weighted by atomic mass is 10.0. The van der Waals surface area contributed by atoms with Crippen LogP contribution in [0.2, 0.25) is 0 Å². The van der Waals surface area contributed by atoms with Crippen molar-refractivity contribution in [3.05, 3.63) is 71.5 Å². The first-order valence-electron chi connectivity index (χ1n) is 8.41. The highest BCUT2D eigenvalue weighted by molar-refractivity contribution is 5.62. The van der Waals surface area contributed by atoms with Crippen LogP contribution in [-0.2, 0) is 6.54 Å². The van der Waals surface area contributed by atoms with Crippen LogP contribution in [0, 0.1) is 0 Å². The Kier molecular flexibility index (Phi) is 3.21. The highest BCUT2D eigenvalue weighted by Gasteiger charge is 2.31. The van der Waals surface area contributed by atoms with Crippen molar-refractivity contribution in [3.63, 3.8) is 0 Å². The van der Waals surface area contributed by atoms with Crippen molar-refractivity contribution in [1.82, 2.24) is 4.57 Å².